The number of primary amides is 1. The second-order valence-electron chi connectivity index (χ2n) is 11.4. The summed E-state index contributed by atoms with van der Waals surface area (Å²) in [5, 5.41) is 8.30. The lowest BCUT2D eigenvalue weighted by Gasteiger charge is -2.30. The number of nitrogens with zero attached hydrogens (tertiary/aromatic N) is 2. The maximum atomic E-state index is 13.6. The summed E-state index contributed by atoms with van der Waals surface area (Å²) in [5.74, 6) is -2.83. The molecule has 3 rings (SSSR count). The minimum atomic E-state index is -0.959. The molecule has 0 unspecified atom stereocenters. The fourth-order valence-electron chi connectivity index (χ4n) is 4.79. The van der Waals surface area contributed by atoms with Gasteiger partial charge in [0.05, 0.1) is 6.54 Å². The minimum absolute atomic E-state index is 0.0113. The lowest BCUT2D eigenvalue weighted by Crippen LogP contribution is -2.57. The van der Waals surface area contributed by atoms with Crippen LogP contribution in [-0.2, 0) is 30.4 Å². The van der Waals surface area contributed by atoms with Crippen LogP contribution in [-0.4, -0.2) is 96.7 Å². The van der Waals surface area contributed by atoms with Crippen LogP contribution >= 0.6 is 0 Å². The summed E-state index contributed by atoms with van der Waals surface area (Å²) in [6, 6.07) is 12.3. The first kappa shape index (κ1) is 34.5. The maximum absolute atomic E-state index is 13.6. The molecule has 0 aromatic heterocycles. The van der Waals surface area contributed by atoms with E-state index in [1.807, 2.05) is 44.2 Å². The molecule has 1 saturated heterocycles. The van der Waals surface area contributed by atoms with Gasteiger partial charge < -0.3 is 36.2 Å². The Bertz CT molecular complexity index is 1370. The van der Waals surface area contributed by atoms with Crippen molar-refractivity contribution in [3.05, 3.63) is 65.7 Å². The average molecular weight is 623 g/mol. The van der Waals surface area contributed by atoms with Crippen LogP contribution in [0.4, 0.5) is 0 Å². The Morgan fingerprint density at radius 3 is 2.24 bits per heavy atom. The van der Waals surface area contributed by atoms with Crippen LogP contribution in [0.3, 0.4) is 0 Å². The maximum Gasteiger partial charge on any atom is 0.255 e. The normalized spacial score (nSPS) is 20.4. The summed E-state index contributed by atoms with van der Waals surface area (Å²) in [5.41, 5.74) is 6.17. The van der Waals surface area contributed by atoms with E-state index in [1.54, 1.807) is 6.92 Å². The number of rotatable bonds is 8. The van der Waals surface area contributed by atoms with Crippen LogP contribution in [0.25, 0.3) is 0 Å². The molecule has 1 aliphatic heterocycles. The van der Waals surface area contributed by atoms with Crippen molar-refractivity contribution in [1.29, 1.82) is 0 Å². The summed E-state index contributed by atoms with van der Waals surface area (Å²) in [6.45, 7) is 4.61. The molecule has 13 nitrogen and oxygen atoms in total. The van der Waals surface area contributed by atoms with Gasteiger partial charge in [0.15, 0.2) is 6.61 Å². The summed E-state index contributed by atoms with van der Waals surface area (Å²) in [6.07, 6.45) is 0.506. The van der Waals surface area contributed by atoms with Gasteiger partial charge in [-0.15, -0.1) is 0 Å². The van der Waals surface area contributed by atoms with Crippen LogP contribution in [0.1, 0.15) is 43.1 Å². The van der Waals surface area contributed by atoms with Crippen LogP contribution in [0, 0.1) is 5.92 Å². The second-order valence-corrected chi connectivity index (χ2v) is 11.4. The molecule has 1 fully saturated rings. The Morgan fingerprint density at radius 2 is 1.62 bits per heavy atom. The highest BCUT2D eigenvalue weighted by molar-refractivity contribution is 5.98. The number of ether oxygens (including phenoxy) is 1. The monoisotopic (exact) mass is 622 g/mol. The lowest BCUT2D eigenvalue weighted by molar-refractivity contribution is -0.142. The Balaban J connectivity index is 1.91. The number of amides is 6. The molecule has 6 amide bonds. The van der Waals surface area contributed by atoms with E-state index in [-0.39, 0.29) is 44.1 Å². The van der Waals surface area contributed by atoms with E-state index in [4.69, 9.17) is 10.5 Å². The van der Waals surface area contributed by atoms with Crippen molar-refractivity contribution in [3.8, 4) is 5.75 Å². The van der Waals surface area contributed by atoms with Gasteiger partial charge >= 0.3 is 0 Å². The molecule has 0 spiro atoms. The number of hydrogen-bond donors (Lipinski definition) is 4. The predicted molar refractivity (Wildman–Crippen MR) is 166 cm³/mol. The van der Waals surface area contributed by atoms with Crippen LogP contribution in [0.2, 0.25) is 0 Å². The highest BCUT2D eigenvalue weighted by atomic mass is 16.5. The topological polar surface area (TPSA) is 180 Å². The smallest absolute Gasteiger partial charge is 0.255 e. The molecule has 5 N–H and O–H groups in total. The largest absolute Gasteiger partial charge is 0.484 e. The molecule has 45 heavy (non-hydrogen) atoms. The lowest BCUT2D eigenvalue weighted by atomic mass is 10.0. The van der Waals surface area contributed by atoms with Crippen LogP contribution in [0.5, 0.6) is 5.75 Å². The fourth-order valence-corrected chi connectivity index (χ4v) is 4.79. The molecule has 0 aliphatic carbocycles. The van der Waals surface area contributed by atoms with Crippen molar-refractivity contribution in [3.63, 3.8) is 0 Å². The summed E-state index contributed by atoms with van der Waals surface area (Å²) in [7, 11) is 1.48. The molecule has 242 valence electrons. The van der Waals surface area contributed by atoms with E-state index in [0.29, 0.717) is 12.2 Å². The van der Waals surface area contributed by atoms with Crippen molar-refractivity contribution >= 4 is 35.4 Å². The molecule has 2 aromatic carbocycles. The minimum Gasteiger partial charge on any atom is -0.484 e. The first-order valence-corrected chi connectivity index (χ1v) is 14.8. The van der Waals surface area contributed by atoms with Crippen molar-refractivity contribution < 1.29 is 33.5 Å². The van der Waals surface area contributed by atoms with Crippen molar-refractivity contribution in [2.45, 2.75) is 51.7 Å². The number of nitrogens with one attached hydrogen (secondary N) is 3. The predicted octanol–water partition coefficient (Wildman–Crippen LogP) is 0.228. The molecule has 3 atom stereocenters. The highest BCUT2D eigenvalue weighted by Crippen LogP contribution is 2.15. The molecular weight excluding hydrogens is 580 g/mol. The molecule has 0 radical (unpaired) electrons. The number of likely N-dealkylation sites (N-methyl/N-ethyl adjacent to an activating group) is 1. The van der Waals surface area contributed by atoms with Crippen LogP contribution in [0.15, 0.2) is 54.6 Å². The van der Waals surface area contributed by atoms with Gasteiger partial charge in [0.25, 0.3) is 11.8 Å². The van der Waals surface area contributed by atoms with Crippen molar-refractivity contribution in [1.82, 2.24) is 25.8 Å². The quantitative estimate of drug-likeness (QED) is 0.325. The van der Waals surface area contributed by atoms with E-state index in [1.165, 1.54) is 41.1 Å². The second kappa shape index (κ2) is 16.2. The average Bonchev–Trinajstić information content (AvgIpc) is 3.01. The molecule has 0 bridgehead atoms. The molecule has 1 aliphatic rings. The molecule has 13 heteroatoms. The van der Waals surface area contributed by atoms with Gasteiger partial charge in [0.2, 0.25) is 23.6 Å². The Morgan fingerprint density at radius 1 is 0.956 bits per heavy atom. The zero-order valence-corrected chi connectivity index (χ0v) is 26.1. The van der Waals surface area contributed by atoms with Gasteiger partial charge in [-0.05, 0) is 49.1 Å². The molecular formula is C32H42N6O7. The summed E-state index contributed by atoms with van der Waals surface area (Å²) >= 11 is 0. The Kier molecular flexibility index (Phi) is 12.5. The number of benzene rings is 2. The van der Waals surface area contributed by atoms with Crippen molar-refractivity contribution in [2.24, 2.45) is 11.7 Å². The zero-order chi connectivity index (χ0) is 33.1. The highest BCUT2D eigenvalue weighted by Gasteiger charge is 2.33. The molecule has 0 saturated carbocycles. The third-order valence-electron chi connectivity index (χ3n) is 7.35. The van der Waals surface area contributed by atoms with Gasteiger partial charge in [-0.2, -0.15) is 0 Å². The number of carbonyl (C=O) groups excluding carboxylic acids is 6. The zero-order valence-electron chi connectivity index (χ0n) is 26.1. The fraction of sp³-hybridized carbons (Fsp3) is 0.438. The van der Waals surface area contributed by atoms with Gasteiger partial charge in [-0.25, -0.2) is 0 Å². The van der Waals surface area contributed by atoms with Gasteiger partial charge in [-0.1, -0.05) is 44.2 Å². The van der Waals surface area contributed by atoms with E-state index < -0.39 is 53.6 Å². The van der Waals surface area contributed by atoms with Gasteiger partial charge in [0, 0.05) is 32.1 Å². The van der Waals surface area contributed by atoms with Crippen molar-refractivity contribution in [2.75, 3.05) is 33.3 Å². The summed E-state index contributed by atoms with van der Waals surface area (Å²) < 4.78 is 5.25. The van der Waals surface area contributed by atoms with E-state index in [2.05, 4.69) is 16.0 Å². The standard InChI is InChI=1S/C32H42N6O7/c1-20(2)16-26-32(44)37(4)21(3)29(41)36-25(17-22-8-6-5-7-9-22)30(42)34-14-15-38(18-28(40)35-26)31(43)23-10-12-24(13-11-23)45-19-27(33)39/h5-13,20-21,25-26H,14-19H2,1-4H3,(H2,33,39)(H,34,42)(H,35,40)(H,36,41)/t21-,25-,26-/m0/s1. The summed E-state index contributed by atoms with van der Waals surface area (Å²) in [4.78, 5) is 80.6. The van der Waals surface area contributed by atoms with Gasteiger partial charge in [-0.3, -0.25) is 28.8 Å². The van der Waals surface area contributed by atoms with E-state index in [9.17, 15) is 28.8 Å². The SMILES string of the molecule is CC(C)C[C@@H]1NC(=O)CN(C(=O)c2ccc(OCC(N)=O)cc2)CCNC(=O)[C@H](Cc2ccccc2)NC(=O)[C@H](C)N(C)C1=O. The third kappa shape index (κ3) is 10.3. The number of nitrogens with two attached hydrogens (primary N) is 1. The van der Waals surface area contributed by atoms with E-state index in [0.717, 1.165) is 5.56 Å². The van der Waals surface area contributed by atoms with Gasteiger partial charge in [0.1, 0.15) is 23.9 Å². The number of carbonyl (C=O) groups is 6. The number of hydrogen-bond acceptors (Lipinski definition) is 7. The third-order valence-corrected chi connectivity index (χ3v) is 7.35. The van der Waals surface area contributed by atoms with Crippen LogP contribution < -0.4 is 26.4 Å². The Labute approximate surface area is 262 Å². The first-order chi connectivity index (χ1) is 21.3. The first-order valence-electron chi connectivity index (χ1n) is 14.8. The Hall–Kier alpha value is -4.94. The molecule has 2 aromatic rings. The molecule has 1 heterocycles. The van der Waals surface area contributed by atoms with E-state index >= 15 is 0 Å².